The maximum atomic E-state index is 11.8. The van der Waals surface area contributed by atoms with Crippen molar-refractivity contribution >= 4 is 5.78 Å². The Bertz CT molecular complexity index is 387. The van der Waals surface area contributed by atoms with Crippen LogP contribution < -0.4 is 4.74 Å². The van der Waals surface area contributed by atoms with Gasteiger partial charge in [-0.05, 0) is 24.0 Å². The topological polar surface area (TPSA) is 35.5 Å². The highest BCUT2D eigenvalue weighted by atomic mass is 16.5. The van der Waals surface area contributed by atoms with Crippen LogP contribution in [-0.2, 0) is 9.53 Å². The molecule has 0 aliphatic carbocycles. The molecular weight excluding hydrogens is 216 g/mol. The van der Waals surface area contributed by atoms with Crippen molar-refractivity contribution in [3.05, 3.63) is 29.8 Å². The number of ether oxygens (including phenoxy) is 2. The lowest BCUT2D eigenvalue weighted by molar-refractivity contribution is -0.120. The van der Waals surface area contributed by atoms with E-state index in [9.17, 15) is 4.79 Å². The lowest BCUT2D eigenvalue weighted by Crippen LogP contribution is -2.17. The third-order valence-corrected chi connectivity index (χ3v) is 3.14. The molecule has 0 saturated carbocycles. The Morgan fingerprint density at radius 3 is 3.12 bits per heavy atom. The number of para-hydroxylation sites is 1. The van der Waals surface area contributed by atoms with Gasteiger partial charge in [0.2, 0.25) is 0 Å². The molecule has 92 valence electrons. The molecule has 0 N–H and O–H groups in total. The number of ketones is 1. The molecule has 3 nitrogen and oxygen atoms in total. The van der Waals surface area contributed by atoms with Gasteiger partial charge >= 0.3 is 0 Å². The van der Waals surface area contributed by atoms with Crippen LogP contribution >= 0.6 is 0 Å². The normalized spacial score (nSPS) is 18.3. The monoisotopic (exact) mass is 234 g/mol. The third kappa shape index (κ3) is 3.07. The molecule has 1 unspecified atom stereocenters. The molecule has 0 spiro atoms. The van der Waals surface area contributed by atoms with Crippen molar-refractivity contribution in [1.82, 2.24) is 0 Å². The lowest BCUT2D eigenvalue weighted by atomic mass is 9.88. The molecule has 0 amide bonds. The molecule has 3 heteroatoms. The molecule has 1 aliphatic heterocycles. The number of fused-ring (bicyclic) bond motifs is 1. The highest BCUT2D eigenvalue weighted by Gasteiger charge is 2.22. The molecule has 0 aromatic heterocycles. The van der Waals surface area contributed by atoms with Gasteiger partial charge in [-0.15, -0.1) is 0 Å². The van der Waals surface area contributed by atoms with Crippen LogP contribution in [0.1, 0.15) is 30.7 Å². The molecule has 2 rings (SSSR count). The second-order valence-corrected chi connectivity index (χ2v) is 4.36. The summed E-state index contributed by atoms with van der Waals surface area (Å²) in [6.45, 7) is 1.23. The zero-order valence-electron chi connectivity index (χ0n) is 10.1. The van der Waals surface area contributed by atoms with E-state index in [-0.39, 0.29) is 5.78 Å². The Morgan fingerprint density at radius 2 is 2.29 bits per heavy atom. The van der Waals surface area contributed by atoms with Crippen LogP contribution in [-0.4, -0.2) is 26.1 Å². The third-order valence-electron chi connectivity index (χ3n) is 3.14. The van der Waals surface area contributed by atoms with Gasteiger partial charge in [0, 0.05) is 20.0 Å². The molecular formula is C14H18O3. The maximum Gasteiger partial charge on any atom is 0.135 e. The second kappa shape index (κ2) is 5.82. The summed E-state index contributed by atoms with van der Waals surface area (Å²) < 4.78 is 10.5. The fourth-order valence-corrected chi connectivity index (χ4v) is 2.22. The first kappa shape index (κ1) is 12.1. The first-order chi connectivity index (χ1) is 8.31. The number of methoxy groups -OCH3 is 1. The predicted molar refractivity (Wildman–Crippen MR) is 65.4 cm³/mol. The van der Waals surface area contributed by atoms with Crippen molar-refractivity contribution in [2.24, 2.45) is 0 Å². The average Bonchev–Trinajstić information content (AvgIpc) is 2.37. The van der Waals surface area contributed by atoms with Gasteiger partial charge in [0.25, 0.3) is 0 Å². The fourth-order valence-electron chi connectivity index (χ4n) is 2.22. The minimum Gasteiger partial charge on any atom is -0.493 e. The summed E-state index contributed by atoms with van der Waals surface area (Å²) >= 11 is 0. The van der Waals surface area contributed by atoms with E-state index in [4.69, 9.17) is 9.47 Å². The van der Waals surface area contributed by atoms with Gasteiger partial charge in [0.15, 0.2) is 0 Å². The van der Waals surface area contributed by atoms with Crippen molar-refractivity contribution < 1.29 is 14.3 Å². The molecule has 0 radical (unpaired) electrons. The quantitative estimate of drug-likeness (QED) is 0.785. The van der Waals surface area contributed by atoms with Crippen molar-refractivity contribution in [3.63, 3.8) is 0 Å². The number of carbonyl (C=O) groups is 1. The molecule has 1 aromatic rings. The van der Waals surface area contributed by atoms with Crippen molar-refractivity contribution in [3.8, 4) is 5.75 Å². The molecule has 0 bridgehead atoms. The summed E-state index contributed by atoms with van der Waals surface area (Å²) in [6.07, 6.45) is 2.04. The number of hydrogen-bond acceptors (Lipinski definition) is 3. The van der Waals surface area contributed by atoms with Crippen LogP contribution in [0.4, 0.5) is 0 Å². The van der Waals surface area contributed by atoms with Gasteiger partial charge in [-0.25, -0.2) is 0 Å². The number of benzene rings is 1. The van der Waals surface area contributed by atoms with E-state index >= 15 is 0 Å². The first-order valence-corrected chi connectivity index (χ1v) is 6.03. The summed E-state index contributed by atoms with van der Waals surface area (Å²) in [4.78, 5) is 11.8. The standard InChI is InChI=1S/C14H18O3/c1-16-8-7-12(15)10-11-6-9-17-14-5-3-2-4-13(11)14/h2-5,11H,6-10H2,1H3. The number of carbonyl (C=O) groups excluding carboxylic acids is 1. The Morgan fingerprint density at radius 1 is 1.47 bits per heavy atom. The highest BCUT2D eigenvalue weighted by Crippen LogP contribution is 2.35. The Kier molecular flexibility index (Phi) is 4.15. The lowest BCUT2D eigenvalue weighted by Gasteiger charge is -2.25. The summed E-state index contributed by atoms with van der Waals surface area (Å²) in [7, 11) is 1.62. The Balaban J connectivity index is 2.01. The Hall–Kier alpha value is -1.35. The SMILES string of the molecule is COCCC(=O)CC1CCOc2ccccc21. The minimum atomic E-state index is 0.272. The van der Waals surface area contributed by atoms with Crippen molar-refractivity contribution in [1.29, 1.82) is 0 Å². The summed E-state index contributed by atoms with van der Waals surface area (Å²) in [5.74, 6) is 1.51. The van der Waals surface area contributed by atoms with Crippen LogP contribution in [0.15, 0.2) is 24.3 Å². The number of rotatable bonds is 5. The predicted octanol–water partition coefficient (Wildman–Crippen LogP) is 2.55. The van der Waals surface area contributed by atoms with Crippen LogP contribution in [0.2, 0.25) is 0 Å². The van der Waals surface area contributed by atoms with E-state index < -0.39 is 0 Å². The van der Waals surface area contributed by atoms with Crippen molar-refractivity contribution in [2.45, 2.75) is 25.2 Å². The van der Waals surface area contributed by atoms with Gasteiger partial charge in [-0.2, -0.15) is 0 Å². The zero-order valence-corrected chi connectivity index (χ0v) is 10.1. The maximum absolute atomic E-state index is 11.8. The zero-order chi connectivity index (χ0) is 12.1. The summed E-state index contributed by atoms with van der Waals surface area (Å²) in [5.41, 5.74) is 1.17. The highest BCUT2D eigenvalue weighted by molar-refractivity contribution is 5.79. The molecule has 1 aliphatic rings. The molecule has 0 saturated heterocycles. The first-order valence-electron chi connectivity index (χ1n) is 6.03. The van der Waals surface area contributed by atoms with E-state index in [1.165, 1.54) is 5.56 Å². The Labute approximate surface area is 102 Å². The summed E-state index contributed by atoms with van der Waals surface area (Å²) in [6, 6.07) is 8.00. The van der Waals surface area contributed by atoms with E-state index in [1.807, 2.05) is 18.2 Å². The average molecular weight is 234 g/mol. The second-order valence-electron chi connectivity index (χ2n) is 4.36. The van der Waals surface area contributed by atoms with Crippen LogP contribution in [0.25, 0.3) is 0 Å². The van der Waals surface area contributed by atoms with E-state index in [1.54, 1.807) is 7.11 Å². The van der Waals surface area contributed by atoms with Gasteiger partial charge in [0.05, 0.1) is 13.2 Å². The van der Waals surface area contributed by atoms with Gasteiger partial charge in [-0.3, -0.25) is 4.79 Å². The van der Waals surface area contributed by atoms with Gasteiger partial charge in [-0.1, -0.05) is 18.2 Å². The van der Waals surface area contributed by atoms with Gasteiger partial charge < -0.3 is 9.47 Å². The van der Waals surface area contributed by atoms with Crippen molar-refractivity contribution in [2.75, 3.05) is 20.3 Å². The molecule has 1 heterocycles. The van der Waals surface area contributed by atoms with E-state index in [2.05, 4.69) is 6.07 Å². The molecule has 0 fully saturated rings. The van der Waals surface area contributed by atoms with Crippen LogP contribution in [0.5, 0.6) is 5.75 Å². The van der Waals surface area contributed by atoms with E-state index in [0.717, 1.165) is 12.2 Å². The van der Waals surface area contributed by atoms with Crippen LogP contribution in [0.3, 0.4) is 0 Å². The molecule has 1 atom stereocenters. The largest absolute Gasteiger partial charge is 0.493 e. The number of hydrogen-bond donors (Lipinski definition) is 0. The molecule has 17 heavy (non-hydrogen) atoms. The molecule has 1 aromatic carbocycles. The van der Waals surface area contributed by atoms with Crippen LogP contribution in [0, 0.1) is 0 Å². The smallest absolute Gasteiger partial charge is 0.135 e. The minimum absolute atomic E-state index is 0.272. The fraction of sp³-hybridized carbons (Fsp3) is 0.500. The van der Waals surface area contributed by atoms with Gasteiger partial charge in [0.1, 0.15) is 11.5 Å². The number of Topliss-reactive ketones (excluding diaryl/α,β-unsaturated/α-hetero) is 1. The van der Waals surface area contributed by atoms with E-state index in [0.29, 0.717) is 32.0 Å². The summed E-state index contributed by atoms with van der Waals surface area (Å²) in [5, 5.41) is 0.